The van der Waals surface area contributed by atoms with Gasteiger partial charge >= 0.3 is 12.4 Å². The molecule has 31 heavy (non-hydrogen) atoms. The lowest BCUT2D eigenvalue weighted by molar-refractivity contribution is -0.140. The third-order valence-corrected chi connectivity index (χ3v) is 4.68. The van der Waals surface area contributed by atoms with Gasteiger partial charge in [-0.1, -0.05) is 18.2 Å². The van der Waals surface area contributed by atoms with Crippen LogP contribution in [0.4, 0.5) is 36.4 Å². The normalized spacial score (nSPS) is 12.2. The van der Waals surface area contributed by atoms with Crippen LogP contribution in [0.5, 0.6) is 0 Å². The highest BCUT2D eigenvalue weighted by Gasteiger charge is 2.36. The summed E-state index contributed by atoms with van der Waals surface area (Å²) in [5, 5.41) is 2.07. The van der Waals surface area contributed by atoms with Crippen molar-refractivity contribution in [2.45, 2.75) is 26.2 Å². The van der Waals surface area contributed by atoms with E-state index in [4.69, 9.17) is 0 Å². The van der Waals surface area contributed by atoms with E-state index in [1.54, 1.807) is 0 Å². The molecule has 1 amide bonds. The number of alkyl halides is 6. The minimum absolute atomic E-state index is 0.105. The highest BCUT2D eigenvalue weighted by atomic mass is 19.4. The van der Waals surface area contributed by atoms with Gasteiger partial charge in [0.05, 0.1) is 28.1 Å². The number of hydrogen-bond acceptors (Lipinski definition) is 1. The first kappa shape index (κ1) is 22.4. The summed E-state index contributed by atoms with van der Waals surface area (Å²) >= 11 is 0. The summed E-state index contributed by atoms with van der Waals surface area (Å²) in [5.74, 6) is -2.61. The van der Waals surface area contributed by atoms with Crippen LogP contribution in [-0.2, 0) is 12.4 Å². The fourth-order valence-electron chi connectivity index (χ4n) is 3.31. The van der Waals surface area contributed by atoms with Gasteiger partial charge < -0.3 is 9.88 Å². The molecule has 0 saturated heterocycles. The van der Waals surface area contributed by atoms with Crippen LogP contribution in [-0.4, -0.2) is 10.5 Å². The summed E-state index contributed by atoms with van der Waals surface area (Å²) in [4.78, 5) is 12.6. The Morgan fingerprint density at radius 3 is 2.06 bits per heavy atom. The monoisotopic (exact) mass is 444 g/mol. The number of amides is 1. The maximum absolute atomic E-state index is 14.2. The van der Waals surface area contributed by atoms with E-state index in [1.165, 1.54) is 42.7 Å². The van der Waals surface area contributed by atoms with Crippen molar-refractivity contribution in [2.75, 3.05) is 5.32 Å². The molecule has 0 bridgehead atoms. The first-order valence-corrected chi connectivity index (χ1v) is 8.85. The number of rotatable bonds is 3. The molecule has 0 atom stereocenters. The summed E-state index contributed by atoms with van der Waals surface area (Å²) in [7, 11) is 0. The first-order valence-electron chi connectivity index (χ1n) is 8.85. The second-order valence-corrected chi connectivity index (χ2v) is 6.75. The number of nitrogens with one attached hydrogen (secondary N) is 1. The van der Waals surface area contributed by atoms with Gasteiger partial charge in [-0.15, -0.1) is 0 Å². The predicted octanol–water partition coefficient (Wildman–Crippen LogP) is 6.52. The molecule has 164 valence electrons. The summed E-state index contributed by atoms with van der Waals surface area (Å²) < 4.78 is 94.3. The van der Waals surface area contributed by atoms with E-state index in [0.717, 1.165) is 18.2 Å². The summed E-state index contributed by atoms with van der Waals surface area (Å²) in [6, 6.07) is 8.47. The van der Waals surface area contributed by atoms with Crippen molar-refractivity contribution in [3.05, 3.63) is 82.4 Å². The molecular formula is C21H15F7N2O. The summed E-state index contributed by atoms with van der Waals surface area (Å²) in [5.41, 5.74) is -3.09. The minimum atomic E-state index is -4.96. The van der Waals surface area contributed by atoms with Gasteiger partial charge in [0.15, 0.2) is 5.82 Å². The van der Waals surface area contributed by atoms with Gasteiger partial charge in [-0.3, -0.25) is 4.79 Å². The average Bonchev–Trinajstić information content (AvgIpc) is 2.96. The number of nitrogens with zero attached hydrogens (tertiary/aromatic N) is 1. The summed E-state index contributed by atoms with van der Waals surface area (Å²) in [6.45, 7) is 2.86. The number of anilines is 1. The smallest absolute Gasteiger partial charge is 0.319 e. The summed E-state index contributed by atoms with van der Waals surface area (Å²) in [6.07, 6.45) is -9.61. The van der Waals surface area contributed by atoms with E-state index in [-0.39, 0.29) is 22.6 Å². The van der Waals surface area contributed by atoms with Crippen molar-refractivity contribution in [2.24, 2.45) is 0 Å². The largest absolute Gasteiger partial charge is 0.419 e. The highest BCUT2D eigenvalue weighted by Crippen LogP contribution is 2.36. The zero-order chi connectivity index (χ0) is 23.1. The number of aromatic nitrogens is 1. The third kappa shape index (κ3) is 4.28. The lowest BCUT2D eigenvalue weighted by Gasteiger charge is -2.17. The van der Waals surface area contributed by atoms with Crippen LogP contribution in [0.3, 0.4) is 0 Å². The Hall–Kier alpha value is -3.30. The Morgan fingerprint density at radius 2 is 1.45 bits per heavy atom. The number of aryl methyl sites for hydroxylation is 1. The zero-order valence-electron chi connectivity index (χ0n) is 16.1. The number of halogens is 7. The fourth-order valence-corrected chi connectivity index (χ4v) is 3.31. The van der Waals surface area contributed by atoms with E-state index in [2.05, 4.69) is 5.32 Å². The minimum Gasteiger partial charge on any atom is -0.319 e. The van der Waals surface area contributed by atoms with E-state index < -0.39 is 40.9 Å². The molecule has 3 nitrogen and oxygen atoms in total. The van der Waals surface area contributed by atoms with Crippen LogP contribution in [0.25, 0.3) is 5.69 Å². The SMILES string of the molecule is Cc1cc(C(=O)Nc2cccc(C(F)(F)F)c2F)c(C)n1-c1ccccc1C(F)(F)F. The predicted molar refractivity (Wildman–Crippen MR) is 99.6 cm³/mol. The van der Waals surface area contributed by atoms with E-state index in [0.29, 0.717) is 6.07 Å². The van der Waals surface area contributed by atoms with Crippen LogP contribution in [0.2, 0.25) is 0 Å². The molecule has 0 radical (unpaired) electrons. The van der Waals surface area contributed by atoms with E-state index >= 15 is 0 Å². The number of carbonyl (C=O) groups is 1. The molecule has 0 fully saturated rings. The van der Waals surface area contributed by atoms with Crippen molar-refractivity contribution in [3.63, 3.8) is 0 Å². The molecular weight excluding hydrogens is 429 g/mol. The van der Waals surface area contributed by atoms with Crippen LogP contribution in [0.1, 0.15) is 32.9 Å². The van der Waals surface area contributed by atoms with Gasteiger partial charge in [0.2, 0.25) is 0 Å². The molecule has 10 heteroatoms. The van der Waals surface area contributed by atoms with E-state index in [1.807, 2.05) is 0 Å². The van der Waals surface area contributed by atoms with Crippen LogP contribution >= 0.6 is 0 Å². The van der Waals surface area contributed by atoms with Crippen LogP contribution < -0.4 is 5.32 Å². The van der Waals surface area contributed by atoms with Crippen LogP contribution in [0, 0.1) is 19.7 Å². The maximum atomic E-state index is 14.2. The Balaban J connectivity index is 2.02. The van der Waals surface area contributed by atoms with Crippen molar-refractivity contribution in [1.82, 2.24) is 4.57 Å². The number of benzene rings is 2. The Bertz CT molecular complexity index is 1140. The molecule has 1 N–H and O–H groups in total. The molecule has 0 unspecified atom stereocenters. The fraction of sp³-hybridized carbons (Fsp3) is 0.190. The second kappa shape index (κ2) is 7.75. The molecule has 2 aromatic carbocycles. The molecule has 1 aromatic heterocycles. The molecule has 0 aliphatic carbocycles. The molecule has 0 saturated carbocycles. The quantitative estimate of drug-likeness (QED) is 0.459. The van der Waals surface area contributed by atoms with Crippen molar-refractivity contribution in [1.29, 1.82) is 0 Å². The topological polar surface area (TPSA) is 34.0 Å². The molecule has 0 aliphatic heterocycles. The molecule has 0 spiro atoms. The third-order valence-electron chi connectivity index (χ3n) is 4.68. The lowest BCUT2D eigenvalue weighted by atomic mass is 10.1. The number of hydrogen-bond donors (Lipinski definition) is 1. The average molecular weight is 444 g/mol. The Labute approximate surface area is 172 Å². The van der Waals surface area contributed by atoms with Crippen molar-refractivity contribution >= 4 is 11.6 Å². The molecule has 0 aliphatic rings. The first-order chi connectivity index (χ1) is 14.3. The van der Waals surface area contributed by atoms with Crippen LogP contribution in [0.15, 0.2) is 48.5 Å². The van der Waals surface area contributed by atoms with Gasteiger partial charge in [-0.2, -0.15) is 26.3 Å². The Morgan fingerprint density at radius 1 is 0.871 bits per heavy atom. The lowest BCUT2D eigenvalue weighted by Crippen LogP contribution is -2.17. The number of para-hydroxylation sites is 1. The zero-order valence-corrected chi connectivity index (χ0v) is 16.1. The van der Waals surface area contributed by atoms with Crippen molar-refractivity contribution in [3.8, 4) is 5.69 Å². The highest BCUT2D eigenvalue weighted by molar-refractivity contribution is 6.05. The maximum Gasteiger partial charge on any atom is 0.419 e. The van der Waals surface area contributed by atoms with Gasteiger partial charge in [-0.25, -0.2) is 4.39 Å². The standard InChI is InChI=1S/C21H15F7N2O/c1-11-10-13(12(2)30(11)17-9-4-3-6-14(17)20(23,24)25)19(31)29-16-8-5-7-15(18(16)22)21(26,27)28/h3-10H,1-2H3,(H,29,31). The van der Waals surface area contributed by atoms with Gasteiger partial charge in [0.1, 0.15) is 0 Å². The van der Waals surface area contributed by atoms with E-state index in [9.17, 15) is 35.5 Å². The second-order valence-electron chi connectivity index (χ2n) is 6.75. The molecule has 1 heterocycles. The number of carbonyl (C=O) groups excluding carboxylic acids is 1. The van der Waals surface area contributed by atoms with Gasteiger partial charge in [0.25, 0.3) is 5.91 Å². The molecule has 3 rings (SSSR count). The Kier molecular flexibility index (Phi) is 5.60. The van der Waals surface area contributed by atoms with Crippen molar-refractivity contribution < 1.29 is 35.5 Å². The van der Waals surface area contributed by atoms with Gasteiger partial charge in [-0.05, 0) is 44.2 Å². The molecule has 3 aromatic rings. The van der Waals surface area contributed by atoms with Gasteiger partial charge in [0, 0.05) is 11.4 Å².